The van der Waals surface area contributed by atoms with Crippen LogP contribution in [0.4, 0.5) is 0 Å². The molecule has 0 amide bonds. The number of ether oxygens (including phenoxy) is 4. The first kappa shape index (κ1) is 19.2. The normalized spacial score (nSPS) is 17.3. The van der Waals surface area contributed by atoms with Gasteiger partial charge >= 0.3 is 0 Å². The third-order valence-corrected chi connectivity index (χ3v) is 4.06. The topological polar surface area (TPSA) is 73.3 Å². The van der Waals surface area contributed by atoms with Gasteiger partial charge < -0.3 is 29.6 Å². The Labute approximate surface area is 149 Å². The molecule has 0 spiro atoms. The maximum Gasteiger partial charge on any atom is 0.191 e. The molecule has 1 heterocycles. The molecule has 1 saturated heterocycles. The van der Waals surface area contributed by atoms with Crippen molar-refractivity contribution in [2.75, 3.05) is 41.0 Å². The quantitative estimate of drug-likeness (QED) is 0.551. The van der Waals surface area contributed by atoms with Gasteiger partial charge in [0, 0.05) is 31.3 Å². The van der Waals surface area contributed by atoms with Crippen molar-refractivity contribution in [1.82, 2.24) is 10.6 Å². The lowest BCUT2D eigenvalue weighted by Crippen LogP contribution is -2.41. The highest BCUT2D eigenvalue weighted by atomic mass is 16.5. The van der Waals surface area contributed by atoms with Gasteiger partial charge in [0.25, 0.3) is 0 Å². The molecule has 25 heavy (non-hydrogen) atoms. The van der Waals surface area contributed by atoms with Gasteiger partial charge in [-0.05, 0) is 25.8 Å². The maximum atomic E-state index is 5.64. The number of hydrogen-bond acceptors (Lipinski definition) is 5. The number of hydrogen-bond donors (Lipinski definition) is 2. The Morgan fingerprint density at radius 3 is 2.44 bits per heavy atom. The van der Waals surface area contributed by atoms with E-state index in [0.29, 0.717) is 18.0 Å². The number of methoxy groups -OCH3 is 3. The van der Waals surface area contributed by atoms with Crippen molar-refractivity contribution < 1.29 is 18.9 Å². The molecule has 1 aromatic carbocycles. The van der Waals surface area contributed by atoms with Crippen LogP contribution in [0.1, 0.15) is 25.3 Å². The lowest BCUT2D eigenvalue weighted by atomic mass is 10.1. The molecular formula is C18H29N3O4. The molecule has 1 unspecified atom stereocenters. The summed E-state index contributed by atoms with van der Waals surface area (Å²) in [5.41, 5.74) is 0.925. The van der Waals surface area contributed by atoms with E-state index < -0.39 is 0 Å². The van der Waals surface area contributed by atoms with Crippen LogP contribution in [-0.2, 0) is 11.3 Å². The Hall–Kier alpha value is -2.15. The summed E-state index contributed by atoms with van der Waals surface area (Å²) in [6.45, 7) is 4.91. The summed E-state index contributed by atoms with van der Waals surface area (Å²) in [4.78, 5) is 4.65. The summed E-state index contributed by atoms with van der Waals surface area (Å²) < 4.78 is 21.8. The minimum Gasteiger partial charge on any atom is -0.496 e. The first-order chi connectivity index (χ1) is 12.2. The van der Waals surface area contributed by atoms with Crippen LogP contribution in [0.2, 0.25) is 0 Å². The van der Waals surface area contributed by atoms with Gasteiger partial charge in [0.05, 0.1) is 34.0 Å². The number of nitrogens with zero attached hydrogens (tertiary/aromatic N) is 1. The Balaban J connectivity index is 2.09. The standard InChI is InChI=1S/C18H29N3O4/c1-5-19-18(21-12-14-7-6-8-25-14)20-11-13-9-16(23-3)17(24-4)10-15(13)22-2/h9-10,14H,5-8,11-12H2,1-4H3,(H2,19,20,21). The highest BCUT2D eigenvalue weighted by molar-refractivity contribution is 5.79. The van der Waals surface area contributed by atoms with Gasteiger partial charge in [0.2, 0.25) is 0 Å². The molecule has 1 fully saturated rings. The average molecular weight is 351 g/mol. The number of benzene rings is 1. The summed E-state index contributed by atoms with van der Waals surface area (Å²) in [5, 5.41) is 6.59. The van der Waals surface area contributed by atoms with Crippen LogP contribution < -0.4 is 24.8 Å². The van der Waals surface area contributed by atoms with Gasteiger partial charge in [-0.2, -0.15) is 0 Å². The predicted octanol–water partition coefficient (Wildman–Crippen LogP) is 1.95. The summed E-state index contributed by atoms with van der Waals surface area (Å²) in [6.07, 6.45) is 2.48. The minimum absolute atomic E-state index is 0.263. The van der Waals surface area contributed by atoms with Crippen LogP contribution in [0, 0.1) is 0 Å². The lowest BCUT2D eigenvalue weighted by molar-refractivity contribution is 0.114. The minimum atomic E-state index is 0.263. The van der Waals surface area contributed by atoms with Gasteiger partial charge in [0.15, 0.2) is 17.5 Å². The number of aliphatic imine (C=N–C) groups is 1. The summed E-state index contributed by atoms with van der Waals surface area (Å²) in [5.74, 6) is 2.77. The Bertz CT molecular complexity index is 572. The van der Waals surface area contributed by atoms with Gasteiger partial charge in [-0.15, -0.1) is 0 Å². The van der Waals surface area contributed by atoms with Crippen molar-refractivity contribution >= 4 is 5.96 Å². The van der Waals surface area contributed by atoms with Crippen LogP contribution in [0.5, 0.6) is 17.2 Å². The van der Waals surface area contributed by atoms with Crippen molar-refractivity contribution in [3.8, 4) is 17.2 Å². The smallest absolute Gasteiger partial charge is 0.191 e. The molecule has 0 aromatic heterocycles. The average Bonchev–Trinajstić information content (AvgIpc) is 3.16. The second kappa shape index (κ2) is 9.98. The van der Waals surface area contributed by atoms with E-state index in [4.69, 9.17) is 18.9 Å². The van der Waals surface area contributed by atoms with Crippen LogP contribution in [0.3, 0.4) is 0 Å². The zero-order valence-electron chi connectivity index (χ0n) is 15.6. The van der Waals surface area contributed by atoms with E-state index >= 15 is 0 Å². The molecule has 2 N–H and O–H groups in total. The SMILES string of the molecule is CCNC(=NCc1cc(OC)c(OC)cc1OC)NCC1CCCO1. The highest BCUT2D eigenvalue weighted by Crippen LogP contribution is 2.34. The molecular weight excluding hydrogens is 322 g/mol. The molecule has 0 bridgehead atoms. The van der Waals surface area contributed by atoms with Gasteiger partial charge in [0.1, 0.15) is 5.75 Å². The predicted molar refractivity (Wildman–Crippen MR) is 97.9 cm³/mol. The Kier molecular flexibility index (Phi) is 7.66. The highest BCUT2D eigenvalue weighted by Gasteiger charge is 2.16. The van der Waals surface area contributed by atoms with E-state index in [1.807, 2.05) is 19.1 Å². The van der Waals surface area contributed by atoms with E-state index in [1.165, 1.54) is 0 Å². The molecule has 2 rings (SSSR count). The third-order valence-electron chi connectivity index (χ3n) is 4.06. The van der Waals surface area contributed by atoms with Crippen molar-refractivity contribution in [3.63, 3.8) is 0 Å². The van der Waals surface area contributed by atoms with E-state index in [0.717, 1.165) is 49.8 Å². The Morgan fingerprint density at radius 1 is 1.12 bits per heavy atom. The zero-order valence-corrected chi connectivity index (χ0v) is 15.6. The van der Waals surface area contributed by atoms with Gasteiger partial charge in [-0.3, -0.25) is 0 Å². The van der Waals surface area contributed by atoms with Crippen LogP contribution >= 0.6 is 0 Å². The second-order valence-corrected chi connectivity index (χ2v) is 5.73. The number of rotatable bonds is 8. The lowest BCUT2D eigenvalue weighted by Gasteiger charge is -2.16. The van der Waals surface area contributed by atoms with Crippen LogP contribution in [0.25, 0.3) is 0 Å². The van der Waals surface area contributed by atoms with Crippen molar-refractivity contribution in [2.24, 2.45) is 4.99 Å². The third kappa shape index (κ3) is 5.42. The molecule has 7 nitrogen and oxygen atoms in total. The van der Waals surface area contributed by atoms with Gasteiger partial charge in [-0.25, -0.2) is 4.99 Å². The Morgan fingerprint density at radius 2 is 1.84 bits per heavy atom. The van der Waals surface area contributed by atoms with Crippen molar-refractivity contribution in [2.45, 2.75) is 32.4 Å². The molecule has 1 aliphatic heterocycles. The summed E-state index contributed by atoms with van der Waals surface area (Å²) in [6, 6.07) is 3.71. The van der Waals surface area contributed by atoms with Crippen molar-refractivity contribution in [3.05, 3.63) is 17.7 Å². The molecule has 0 aliphatic carbocycles. The molecule has 1 aliphatic rings. The number of nitrogens with one attached hydrogen (secondary N) is 2. The molecule has 0 radical (unpaired) electrons. The van der Waals surface area contributed by atoms with Gasteiger partial charge in [-0.1, -0.05) is 0 Å². The van der Waals surface area contributed by atoms with Crippen LogP contribution in [0.15, 0.2) is 17.1 Å². The van der Waals surface area contributed by atoms with E-state index in [1.54, 1.807) is 21.3 Å². The molecule has 1 aromatic rings. The fourth-order valence-electron chi connectivity index (χ4n) is 2.74. The fourth-order valence-corrected chi connectivity index (χ4v) is 2.74. The van der Waals surface area contributed by atoms with E-state index in [2.05, 4.69) is 15.6 Å². The molecule has 0 saturated carbocycles. The monoisotopic (exact) mass is 351 g/mol. The fraction of sp³-hybridized carbons (Fsp3) is 0.611. The largest absolute Gasteiger partial charge is 0.496 e. The van der Waals surface area contributed by atoms with Crippen molar-refractivity contribution in [1.29, 1.82) is 0 Å². The summed E-state index contributed by atoms with van der Waals surface area (Å²) in [7, 11) is 4.85. The van der Waals surface area contributed by atoms with E-state index in [-0.39, 0.29) is 6.10 Å². The summed E-state index contributed by atoms with van der Waals surface area (Å²) >= 11 is 0. The first-order valence-corrected chi connectivity index (χ1v) is 8.64. The molecule has 1 atom stereocenters. The maximum absolute atomic E-state index is 5.64. The number of guanidine groups is 1. The zero-order chi connectivity index (χ0) is 18.1. The molecule has 7 heteroatoms. The molecule has 140 valence electrons. The van der Waals surface area contributed by atoms with E-state index in [9.17, 15) is 0 Å². The van der Waals surface area contributed by atoms with Crippen LogP contribution in [-0.4, -0.2) is 53.1 Å². The second-order valence-electron chi connectivity index (χ2n) is 5.73. The first-order valence-electron chi connectivity index (χ1n) is 8.64.